The molecule has 0 N–H and O–H groups in total. The predicted octanol–water partition coefficient (Wildman–Crippen LogP) is 3.76. The van der Waals surface area contributed by atoms with E-state index in [0.717, 1.165) is 24.9 Å². The first-order valence-corrected chi connectivity index (χ1v) is 8.42. The summed E-state index contributed by atoms with van der Waals surface area (Å²) in [6.07, 6.45) is 3.34. The second-order valence-electron chi connectivity index (χ2n) is 6.99. The average molecular weight is 301 g/mol. The fraction of sp³-hybridized carbons (Fsp3) is 0.286. The minimum atomic E-state index is 0.285. The highest BCUT2D eigenvalue weighted by atomic mass is 16.1. The first kappa shape index (κ1) is 13.1. The van der Waals surface area contributed by atoms with Crippen LogP contribution >= 0.6 is 0 Å². The van der Waals surface area contributed by atoms with E-state index >= 15 is 0 Å². The van der Waals surface area contributed by atoms with Gasteiger partial charge >= 0.3 is 0 Å². The van der Waals surface area contributed by atoms with E-state index in [0.29, 0.717) is 17.8 Å². The van der Waals surface area contributed by atoms with Crippen LogP contribution in [0.5, 0.6) is 0 Å². The quantitative estimate of drug-likeness (QED) is 0.787. The number of nitrogens with zero attached hydrogens (tertiary/aromatic N) is 1. The third-order valence-electron chi connectivity index (χ3n) is 5.98. The van der Waals surface area contributed by atoms with Crippen molar-refractivity contribution in [1.82, 2.24) is 0 Å². The zero-order valence-electron chi connectivity index (χ0n) is 12.9. The first-order chi connectivity index (χ1) is 11.4. The molecule has 2 unspecified atom stereocenters. The highest BCUT2D eigenvalue weighted by Gasteiger charge is 2.51. The van der Waals surface area contributed by atoms with Crippen molar-refractivity contribution in [2.24, 2.45) is 11.8 Å². The Hall–Kier alpha value is -2.35. The molecule has 23 heavy (non-hydrogen) atoms. The molecule has 114 valence electrons. The lowest BCUT2D eigenvalue weighted by Crippen LogP contribution is -2.37. The van der Waals surface area contributed by atoms with Crippen LogP contribution in [0, 0.1) is 11.8 Å². The normalized spacial score (nSPS) is 30.6. The molecule has 2 bridgehead atoms. The zero-order valence-corrected chi connectivity index (χ0v) is 12.9. The Balaban J connectivity index is 1.57. The van der Waals surface area contributed by atoms with Gasteiger partial charge in [0.1, 0.15) is 6.29 Å². The number of carbonyl (C=O) groups is 1. The molecule has 1 aliphatic heterocycles. The van der Waals surface area contributed by atoms with Gasteiger partial charge in [-0.1, -0.05) is 48.5 Å². The topological polar surface area (TPSA) is 20.3 Å². The predicted molar refractivity (Wildman–Crippen MR) is 91.7 cm³/mol. The molecule has 1 heterocycles. The molecule has 1 saturated heterocycles. The van der Waals surface area contributed by atoms with E-state index in [1.165, 1.54) is 16.8 Å². The molecule has 4 atom stereocenters. The number of anilines is 1. The molecule has 6 rings (SSSR count). The lowest BCUT2D eigenvalue weighted by molar-refractivity contribution is -0.105. The van der Waals surface area contributed by atoms with Gasteiger partial charge < -0.3 is 4.90 Å². The van der Waals surface area contributed by atoms with Crippen LogP contribution < -0.4 is 4.90 Å². The Kier molecular flexibility index (Phi) is 2.75. The third-order valence-corrected chi connectivity index (χ3v) is 5.98. The van der Waals surface area contributed by atoms with Crippen molar-refractivity contribution in [3.63, 3.8) is 0 Å². The summed E-state index contributed by atoms with van der Waals surface area (Å²) in [5.74, 6) is 1.86. The van der Waals surface area contributed by atoms with Crippen molar-refractivity contribution in [3.05, 3.63) is 77.4 Å². The van der Waals surface area contributed by atoms with Crippen LogP contribution in [0.25, 0.3) is 0 Å². The van der Waals surface area contributed by atoms with E-state index in [1.807, 2.05) is 0 Å². The summed E-state index contributed by atoms with van der Waals surface area (Å²) in [6, 6.07) is 19.4. The maximum Gasteiger partial charge on any atom is 0.146 e. The molecule has 0 saturated carbocycles. The van der Waals surface area contributed by atoms with Crippen LogP contribution in [-0.2, 0) is 4.79 Å². The Morgan fingerprint density at radius 2 is 1.57 bits per heavy atom. The van der Waals surface area contributed by atoms with Crippen LogP contribution in [0.2, 0.25) is 0 Å². The van der Waals surface area contributed by atoms with Gasteiger partial charge in [0.05, 0.1) is 0 Å². The largest absolute Gasteiger partial charge is 0.371 e. The molecule has 2 nitrogen and oxygen atoms in total. The highest BCUT2D eigenvalue weighted by Crippen LogP contribution is 2.57. The summed E-state index contributed by atoms with van der Waals surface area (Å²) in [5.41, 5.74) is 5.14. The Morgan fingerprint density at radius 1 is 0.870 bits per heavy atom. The summed E-state index contributed by atoms with van der Waals surface area (Å²) in [6.45, 7) is 2.14. The van der Waals surface area contributed by atoms with Gasteiger partial charge in [0.15, 0.2) is 0 Å². The third kappa shape index (κ3) is 1.78. The van der Waals surface area contributed by atoms with E-state index in [-0.39, 0.29) is 5.92 Å². The van der Waals surface area contributed by atoms with Crippen molar-refractivity contribution >= 4 is 12.0 Å². The monoisotopic (exact) mass is 301 g/mol. The number of para-hydroxylation sites is 1. The number of aldehydes is 1. The van der Waals surface area contributed by atoms with Gasteiger partial charge in [0, 0.05) is 30.6 Å². The summed E-state index contributed by atoms with van der Waals surface area (Å²) in [5, 5.41) is 0. The lowest BCUT2D eigenvalue weighted by Gasteiger charge is -2.44. The fourth-order valence-corrected chi connectivity index (χ4v) is 5.06. The Labute approximate surface area is 136 Å². The van der Waals surface area contributed by atoms with Gasteiger partial charge in [0.25, 0.3) is 0 Å². The smallest absolute Gasteiger partial charge is 0.146 e. The molecule has 3 aliphatic carbocycles. The number of hydrogen-bond acceptors (Lipinski definition) is 2. The summed E-state index contributed by atoms with van der Waals surface area (Å²) >= 11 is 0. The molecule has 0 amide bonds. The molecule has 1 fully saturated rings. The number of hydrogen-bond donors (Lipinski definition) is 0. The standard InChI is InChI=1S/C21H19NO/c23-13-14-10-18-16-8-4-5-9-17(16)21(14)20-12-22(11-19(18)20)15-6-2-1-3-7-15/h1-10,13,18-21H,11-12H2/t18-,19?,20?,21-/m0/s1. The van der Waals surface area contributed by atoms with Crippen molar-refractivity contribution in [2.75, 3.05) is 18.0 Å². The number of benzene rings is 2. The number of allylic oxidation sites excluding steroid dienone is 2. The van der Waals surface area contributed by atoms with Crippen molar-refractivity contribution < 1.29 is 4.79 Å². The van der Waals surface area contributed by atoms with E-state index < -0.39 is 0 Å². The van der Waals surface area contributed by atoms with E-state index in [4.69, 9.17) is 0 Å². The van der Waals surface area contributed by atoms with Gasteiger partial charge in [-0.2, -0.15) is 0 Å². The molecule has 2 aromatic rings. The van der Waals surface area contributed by atoms with Gasteiger partial charge in [-0.15, -0.1) is 0 Å². The molecule has 2 heteroatoms. The molecule has 0 spiro atoms. The van der Waals surface area contributed by atoms with Crippen LogP contribution in [0.3, 0.4) is 0 Å². The van der Waals surface area contributed by atoms with E-state index in [9.17, 15) is 4.79 Å². The number of rotatable bonds is 2. The Morgan fingerprint density at radius 3 is 2.35 bits per heavy atom. The van der Waals surface area contributed by atoms with Gasteiger partial charge in [-0.25, -0.2) is 0 Å². The van der Waals surface area contributed by atoms with Crippen LogP contribution in [0.1, 0.15) is 23.0 Å². The second-order valence-corrected chi connectivity index (χ2v) is 6.99. The SMILES string of the molecule is O=CC1=C[C@H]2c3ccccc3[C@H]1C1CN(c3ccccc3)CC12. The summed E-state index contributed by atoms with van der Waals surface area (Å²) in [4.78, 5) is 14.1. The second kappa shape index (κ2) is 4.82. The number of carbonyl (C=O) groups excluding carboxylic acids is 1. The summed E-state index contributed by atoms with van der Waals surface area (Å²) < 4.78 is 0. The summed E-state index contributed by atoms with van der Waals surface area (Å²) in [7, 11) is 0. The highest BCUT2D eigenvalue weighted by molar-refractivity contribution is 5.79. The van der Waals surface area contributed by atoms with Crippen LogP contribution in [0.15, 0.2) is 66.2 Å². The van der Waals surface area contributed by atoms with Crippen LogP contribution in [0.4, 0.5) is 5.69 Å². The minimum Gasteiger partial charge on any atom is -0.371 e. The average Bonchev–Trinajstić information content (AvgIpc) is 3.08. The molecular weight excluding hydrogens is 282 g/mol. The van der Waals surface area contributed by atoms with Crippen molar-refractivity contribution in [2.45, 2.75) is 11.8 Å². The molecule has 4 aliphatic rings. The molecule has 0 aromatic heterocycles. The molecule has 2 aromatic carbocycles. The van der Waals surface area contributed by atoms with E-state index in [1.54, 1.807) is 0 Å². The Bertz CT molecular complexity index is 794. The van der Waals surface area contributed by atoms with Gasteiger partial charge in [0.2, 0.25) is 0 Å². The maximum absolute atomic E-state index is 11.6. The van der Waals surface area contributed by atoms with Crippen molar-refractivity contribution in [1.29, 1.82) is 0 Å². The van der Waals surface area contributed by atoms with Crippen molar-refractivity contribution in [3.8, 4) is 0 Å². The zero-order chi connectivity index (χ0) is 15.4. The lowest BCUT2D eigenvalue weighted by atomic mass is 9.58. The maximum atomic E-state index is 11.6. The van der Waals surface area contributed by atoms with Gasteiger partial charge in [-0.05, 0) is 40.7 Å². The van der Waals surface area contributed by atoms with E-state index in [2.05, 4.69) is 65.6 Å². The molecular formula is C21H19NO. The fourth-order valence-electron chi connectivity index (χ4n) is 5.06. The van der Waals surface area contributed by atoms with Gasteiger partial charge in [-0.3, -0.25) is 4.79 Å². The van der Waals surface area contributed by atoms with Crippen LogP contribution in [-0.4, -0.2) is 19.4 Å². The minimum absolute atomic E-state index is 0.285. The molecule has 0 radical (unpaired) electrons. The first-order valence-electron chi connectivity index (χ1n) is 8.42.